The lowest BCUT2D eigenvalue weighted by molar-refractivity contribution is -0.127. The summed E-state index contributed by atoms with van der Waals surface area (Å²) in [4.78, 5) is 20.0. The van der Waals surface area contributed by atoms with E-state index in [9.17, 15) is 10.1 Å². The molecular weight excluding hydrogens is 490 g/mol. The highest BCUT2D eigenvalue weighted by molar-refractivity contribution is 6.00. The summed E-state index contributed by atoms with van der Waals surface area (Å²) >= 11 is 0. The highest BCUT2D eigenvalue weighted by Crippen LogP contribution is 2.33. The van der Waals surface area contributed by atoms with Crippen molar-refractivity contribution in [3.05, 3.63) is 78.0 Å². The van der Waals surface area contributed by atoms with Gasteiger partial charge < -0.3 is 21.1 Å². The second-order valence-corrected chi connectivity index (χ2v) is 10.4. The van der Waals surface area contributed by atoms with E-state index in [1.165, 1.54) is 6.08 Å². The van der Waals surface area contributed by atoms with Crippen LogP contribution in [0.15, 0.2) is 72.3 Å². The minimum absolute atomic E-state index is 0.0673. The molecule has 0 spiro atoms. The molecule has 0 aliphatic carbocycles. The van der Waals surface area contributed by atoms with E-state index in [1.54, 1.807) is 18.7 Å². The SMILES string of the molecule is CC(C)(N)/C=C(/C#N)C(=O)N1CCC[C@@H]1Cc1cc2[nH]nc(N)c2c(-c2ccc(Oc3ccccc3)cc2)n1. The number of nitrogen functional groups attached to an aromatic ring is 1. The highest BCUT2D eigenvalue weighted by atomic mass is 16.5. The first-order valence-electron chi connectivity index (χ1n) is 12.9. The van der Waals surface area contributed by atoms with Gasteiger partial charge in [-0.1, -0.05) is 18.2 Å². The lowest BCUT2D eigenvalue weighted by Gasteiger charge is -2.25. The van der Waals surface area contributed by atoms with E-state index >= 15 is 0 Å². The molecule has 1 atom stereocenters. The lowest BCUT2D eigenvalue weighted by atomic mass is 10.0. The number of H-pyrrole nitrogens is 1. The molecule has 2 aromatic heterocycles. The summed E-state index contributed by atoms with van der Waals surface area (Å²) in [6.45, 7) is 4.11. The van der Waals surface area contributed by atoms with Crippen molar-refractivity contribution in [1.82, 2.24) is 20.1 Å². The summed E-state index contributed by atoms with van der Waals surface area (Å²) < 4.78 is 5.93. The fraction of sp³-hybridized carbons (Fsp3) is 0.267. The number of likely N-dealkylation sites (tertiary alicyclic amines) is 1. The maximum absolute atomic E-state index is 13.2. The molecule has 4 aromatic rings. The Balaban J connectivity index is 1.43. The topological polar surface area (TPSA) is 147 Å². The number of aromatic amines is 1. The van der Waals surface area contributed by atoms with Crippen LogP contribution in [0.3, 0.4) is 0 Å². The third kappa shape index (κ3) is 5.76. The average Bonchev–Trinajstić information content (AvgIpc) is 3.53. The minimum atomic E-state index is -0.764. The van der Waals surface area contributed by atoms with Gasteiger partial charge in [0.15, 0.2) is 5.82 Å². The number of para-hydroxylation sites is 1. The number of ether oxygens (including phenoxy) is 1. The van der Waals surface area contributed by atoms with Gasteiger partial charge in [0.2, 0.25) is 0 Å². The molecule has 0 radical (unpaired) electrons. The van der Waals surface area contributed by atoms with E-state index in [4.69, 9.17) is 21.2 Å². The van der Waals surface area contributed by atoms with Gasteiger partial charge in [-0.2, -0.15) is 10.4 Å². The number of anilines is 1. The number of fused-ring (bicyclic) bond motifs is 1. The van der Waals surface area contributed by atoms with Crippen LogP contribution in [0.4, 0.5) is 5.82 Å². The van der Waals surface area contributed by atoms with Crippen LogP contribution < -0.4 is 16.2 Å². The number of pyridine rings is 1. The molecule has 5 N–H and O–H groups in total. The van der Waals surface area contributed by atoms with Gasteiger partial charge in [0, 0.05) is 35.8 Å². The molecule has 3 heterocycles. The second kappa shape index (κ2) is 10.6. The van der Waals surface area contributed by atoms with E-state index in [-0.39, 0.29) is 17.5 Å². The van der Waals surface area contributed by atoms with Crippen molar-refractivity contribution in [1.29, 1.82) is 5.26 Å². The molecule has 1 fully saturated rings. The van der Waals surface area contributed by atoms with E-state index in [0.29, 0.717) is 30.2 Å². The van der Waals surface area contributed by atoms with Crippen LogP contribution in [-0.4, -0.2) is 44.1 Å². The number of nitrogens with one attached hydrogen (secondary N) is 1. The molecule has 1 saturated heterocycles. The number of nitrogens with zero attached hydrogens (tertiary/aromatic N) is 4. The number of hydrogen-bond acceptors (Lipinski definition) is 7. The van der Waals surface area contributed by atoms with Gasteiger partial charge in [-0.15, -0.1) is 0 Å². The fourth-order valence-corrected chi connectivity index (χ4v) is 4.97. The molecule has 1 aliphatic heterocycles. The zero-order valence-corrected chi connectivity index (χ0v) is 22.0. The van der Waals surface area contributed by atoms with Crippen molar-refractivity contribution in [3.8, 4) is 28.8 Å². The van der Waals surface area contributed by atoms with Crippen LogP contribution in [0, 0.1) is 11.3 Å². The molecule has 5 rings (SSSR count). The van der Waals surface area contributed by atoms with Crippen LogP contribution >= 0.6 is 0 Å². The summed E-state index contributed by atoms with van der Waals surface area (Å²) in [5, 5.41) is 17.6. The van der Waals surface area contributed by atoms with E-state index in [1.807, 2.05) is 66.7 Å². The zero-order valence-electron chi connectivity index (χ0n) is 22.0. The number of hydrogen-bond donors (Lipinski definition) is 3. The minimum Gasteiger partial charge on any atom is -0.457 e. The Hall–Kier alpha value is -4.68. The third-order valence-corrected chi connectivity index (χ3v) is 6.68. The van der Waals surface area contributed by atoms with Gasteiger partial charge >= 0.3 is 0 Å². The van der Waals surface area contributed by atoms with Gasteiger partial charge in [0.05, 0.1) is 16.6 Å². The van der Waals surface area contributed by atoms with E-state index in [2.05, 4.69) is 10.2 Å². The lowest BCUT2D eigenvalue weighted by Crippen LogP contribution is -2.39. The summed E-state index contributed by atoms with van der Waals surface area (Å²) in [5.74, 6) is 1.54. The smallest absolute Gasteiger partial charge is 0.264 e. The average molecular weight is 522 g/mol. The van der Waals surface area contributed by atoms with Crippen LogP contribution in [-0.2, 0) is 11.2 Å². The standard InChI is InChI=1S/C30H31N7O2/c1-30(2,33)17-20(18-31)29(38)37-14-6-7-22(37)15-21-16-25-26(28(32)36-35-25)27(34-21)19-10-12-24(13-11-19)39-23-8-4-3-5-9-23/h3-5,8-13,16-17,22H,6-7,14-15,33H2,1-2H3,(H3,32,35,36)/b20-17-/t22-/m1/s1. The van der Waals surface area contributed by atoms with Crippen molar-refractivity contribution < 1.29 is 9.53 Å². The maximum Gasteiger partial charge on any atom is 0.264 e. The largest absolute Gasteiger partial charge is 0.457 e. The zero-order chi connectivity index (χ0) is 27.6. The Labute approximate surface area is 227 Å². The van der Waals surface area contributed by atoms with Crippen molar-refractivity contribution in [3.63, 3.8) is 0 Å². The molecule has 0 unspecified atom stereocenters. The summed E-state index contributed by atoms with van der Waals surface area (Å²) in [7, 11) is 0. The molecule has 39 heavy (non-hydrogen) atoms. The van der Waals surface area contributed by atoms with Crippen LogP contribution in [0.25, 0.3) is 22.2 Å². The Morgan fingerprint density at radius 3 is 2.62 bits per heavy atom. The van der Waals surface area contributed by atoms with Crippen LogP contribution in [0.1, 0.15) is 32.4 Å². The normalized spacial score (nSPS) is 15.9. The second-order valence-electron chi connectivity index (χ2n) is 10.4. The van der Waals surface area contributed by atoms with Gasteiger partial charge in [-0.05, 0) is 75.2 Å². The summed E-state index contributed by atoms with van der Waals surface area (Å²) in [5.41, 5.74) is 14.7. The van der Waals surface area contributed by atoms with Crippen molar-refractivity contribution >= 4 is 22.6 Å². The Bertz CT molecular complexity index is 1560. The van der Waals surface area contributed by atoms with Gasteiger partial charge in [-0.25, -0.2) is 0 Å². The number of carbonyl (C=O) groups excluding carboxylic acids is 1. The number of benzene rings is 2. The van der Waals surface area contributed by atoms with Crippen molar-refractivity contribution in [2.75, 3.05) is 12.3 Å². The number of nitrogens with two attached hydrogens (primary N) is 2. The molecule has 1 amide bonds. The van der Waals surface area contributed by atoms with Gasteiger partial charge in [0.1, 0.15) is 23.1 Å². The Kier molecular flexibility index (Phi) is 7.05. The summed E-state index contributed by atoms with van der Waals surface area (Å²) in [6, 6.07) is 21.1. The molecular formula is C30H31N7O2. The number of carbonyl (C=O) groups is 1. The molecule has 198 valence electrons. The molecule has 2 aromatic carbocycles. The number of amides is 1. The molecule has 1 aliphatic rings. The quantitative estimate of drug-likeness (QED) is 0.235. The maximum atomic E-state index is 13.2. The number of nitriles is 1. The third-order valence-electron chi connectivity index (χ3n) is 6.68. The monoisotopic (exact) mass is 521 g/mol. The molecule has 9 nitrogen and oxygen atoms in total. The van der Waals surface area contributed by atoms with Gasteiger partial charge in [-0.3, -0.25) is 14.9 Å². The molecule has 0 saturated carbocycles. The molecule has 9 heteroatoms. The number of aromatic nitrogens is 3. The van der Waals surface area contributed by atoms with Crippen LogP contribution in [0.5, 0.6) is 11.5 Å². The first-order valence-corrected chi connectivity index (χ1v) is 12.9. The Morgan fingerprint density at radius 1 is 1.21 bits per heavy atom. The summed E-state index contributed by atoms with van der Waals surface area (Å²) in [6.07, 6.45) is 3.75. The van der Waals surface area contributed by atoms with Gasteiger partial charge in [0.25, 0.3) is 5.91 Å². The van der Waals surface area contributed by atoms with Crippen LogP contribution in [0.2, 0.25) is 0 Å². The van der Waals surface area contributed by atoms with Crippen molar-refractivity contribution in [2.24, 2.45) is 5.73 Å². The first-order chi connectivity index (χ1) is 18.7. The predicted molar refractivity (Wildman–Crippen MR) is 151 cm³/mol. The van der Waals surface area contributed by atoms with E-state index in [0.717, 1.165) is 40.8 Å². The van der Waals surface area contributed by atoms with E-state index < -0.39 is 5.54 Å². The number of rotatable bonds is 7. The van der Waals surface area contributed by atoms with Crippen molar-refractivity contribution in [2.45, 2.75) is 44.7 Å². The predicted octanol–water partition coefficient (Wildman–Crippen LogP) is 4.72. The Morgan fingerprint density at radius 2 is 1.92 bits per heavy atom. The highest BCUT2D eigenvalue weighted by Gasteiger charge is 2.32. The fourth-order valence-electron chi connectivity index (χ4n) is 4.97. The molecule has 0 bridgehead atoms. The first kappa shape index (κ1) is 25.9.